The molecule has 33 heavy (non-hydrogen) atoms. The van der Waals surface area contributed by atoms with Crippen LogP contribution in [0.3, 0.4) is 0 Å². The molecule has 0 aliphatic heterocycles. The van der Waals surface area contributed by atoms with Crippen molar-refractivity contribution in [3.05, 3.63) is 121 Å². The fourth-order valence-corrected chi connectivity index (χ4v) is 8.74. The summed E-state index contributed by atoms with van der Waals surface area (Å²) in [5.41, 5.74) is 0. The van der Waals surface area contributed by atoms with Gasteiger partial charge in [-0.2, -0.15) is 0 Å². The minimum atomic E-state index is -2.30. The Morgan fingerprint density at radius 2 is 0.667 bits per heavy atom. The first-order valence-electron chi connectivity index (χ1n) is 10.7. The second-order valence-electron chi connectivity index (χ2n) is 7.50. The zero-order chi connectivity index (χ0) is 23.5. The summed E-state index contributed by atoms with van der Waals surface area (Å²) < 4.78 is 0. The topological polar surface area (TPSA) is 74.6 Å². The molecule has 4 rings (SSSR count). The third-order valence-corrected chi connectivity index (χ3v) is 10.2. The van der Waals surface area contributed by atoms with E-state index in [1.807, 2.05) is 0 Å². The molecule has 4 nitrogen and oxygen atoms in total. The van der Waals surface area contributed by atoms with Crippen molar-refractivity contribution >= 4 is 40.4 Å². The molecule has 0 unspecified atom stereocenters. The number of rotatable bonds is 7. The van der Waals surface area contributed by atoms with Gasteiger partial charge in [0, 0.05) is 0 Å². The van der Waals surface area contributed by atoms with Crippen molar-refractivity contribution in [3.63, 3.8) is 0 Å². The standard InChI is InChI=1S/C24H21P.C4H6O4/c1-5-13-21(14-6-1)25(22-15-7-2-8-16-22,23-17-9-3-10-18-23)24-19-11-4-12-20-24;5-3(6)1-2-4(7)8/h1-20,25H;1-2H2,(H,5,6)(H,7,8). The average Bonchev–Trinajstić information content (AvgIpc) is 2.86. The van der Waals surface area contributed by atoms with Gasteiger partial charge in [-0.3, -0.25) is 9.59 Å². The van der Waals surface area contributed by atoms with Gasteiger partial charge in [-0.25, -0.2) is 0 Å². The van der Waals surface area contributed by atoms with E-state index in [1.165, 1.54) is 21.2 Å². The number of carboxylic acid groups (broad SMARTS) is 2. The van der Waals surface area contributed by atoms with Crippen molar-refractivity contribution in [2.24, 2.45) is 0 Å². The summed E-state index contributed by atoms with van der Waals surface area (Å²) in [7, 11) is -2.30. The van der Waals surface area contributed by atoms with E-state index in [0.717, 1.165) is 0 Å². The second kappa shape index (κ2) is 11.8. The fourth-order valence-electron chi connectivity index (χ4n) is 3.97. The van der Waals surface area contributed by atoms with Crippen LogP contribution in [-0.2, 0) is 9.59 Å². The van der Waals surface area contributed by atoms with Gasteiger partial charge in [0.15, 0.2) is 0 Å². The molecule has 0 bridgehead atoms. The molecule has 0 saturated carbocycles. The second-order valence-corrected chi connectivity index (χ2v) is 11.3. The van der Waals surface area contributed by atoms with Crippen LogP contribution in [0.1, 0.15) is 12.8 Å². The van der Waals surface area contributed by atoms with Gasteiger partial charge in [-0.15, -0.1) is 0 Å². The van der Waals surface area contributed by atoms with Gasteiger partial charge < -0.3 is 10.2 Å². The molecule has 0 saturated heterocycles. The van der Waals surface area contributed by atoms with Crippen LogP contribution in [0.5, 0.6) is 0 Å². The number of hydrogen-bond acceptors (Lipinski definition) is 2. The first kappa shape index (κ1) is 23.9. The van der Waals surface area contributed by atoms with E-state index < -0.39 is 19.2 Å². The predicted molar refractivity (Wildman–Crippen MR) is 137 cm³/mol. The van der Waals surface area contributed by atoms with Crippen molar-refractivity contribution < 1.29 is 19.8 Å². The zero-order valence-corrected chi connectivity index (χ0v) is 19.2. The van der Waals surface area contributed by atoms with Crippen LogP contribution in [-0.4, -0.2) is 22.2 Å². The molecule has 0 heterocycles. The van der Waals surface area contributed by atoms with E-state index in [2.05, 4.69) is 121 Å². The van der Waals surface area contributed by atoms with Crippen LogP contribution in [0.25, 0.3) is 0 Å². The van der Waals surface area contributed by atoms with Crippen LogP contribution < -0.4 is 21.2 Å². The van der Waals surface area contributed by atoms with Crippen LogP contribution in [0, 0.1) is 0 Å². The molecule has 0 aliphatic rings. The Morgan fingerprint density at radius 1 is 0.455 bits per heavy atom. The molecule has 0 fully saturated rings. The molecule has 0 aromatic heterocycles. The molecule has 0 atom stereocenters. The van der Waals surface area contributed by atoms with Gasteiger partial charge in [0.1, 0.15) is 0 Å². The summed E-state index contributed by atoms with van der Waals surface area (Å²) in [6, 6.07) is 44.0. The third-order valence-electron chi connectivity index (χ3n) is 5.38. The molecular formula is C28H27O4P. The summed E-state index contributed by atoms with van der Waals surface area (Å²) in [6.07, 6.45) is -0.593. The summed E-state index contributed by atoms with van der Waals surface area (Å²) in [4.78, 5) is 19.3. The van der Waals surface area contributed by atoms with E-state index in [0.29, 0.717) is 0 Å². The molecule has 0 aliphatic carbocycles. The van der Waals surface area contributed by atoms with Gasteiger partial charge in [0.25, 0.3) is 0 Å². The summed E-state index contributed by atoms with van der Waals surface area (Å²) in [5, 5.41) is 21.5. The van der Waals surface area contributed by atoms with E-state index in [9.17, 15) is 9.59 Å². The molecule has 4 aromatic rings. The summed E-state index contributed by atoms with van der Waals surface area (Å²) in [6.45, 7) is 0. The predicted octanol–water partition coefficient (Wildman–Crippen LogP) is 3.97. The van der Waals surface area contributed by atoms with Crippen LogP contribution in [0.4, 0.5) is 0 Å². The summed E-state index contributed by atoms with van der Waals surface area (Å²) in [5.74, 6) is -2.15. The molecule has 0 amide bonds. The summed E-state index contributed by atoms with van der Waals surface area (Å²) >= 11 is 0. The van der Waals surface area contributed by atoms with E-state index in [-0.39, 0.29) is 12.8 Å². The number of carbonyl (C=O) groups is 2. The normalized spacial score (nSPS) is 11.0. The van der Waals surface area contributed by atoms with Gasteiger partial charge in [-0.1, -0.05) is 0 Å². The molecule has 5 heteroatoms. The van der Waals surface area contributed by atoms with Crippen molar-refractivity contribution in [2.45, 2.75) is 12.8 Å². The fraction of sp³-hybridized carbons (Fsp3) is 0.0714. The monoisotopic (exact) mass is 458 g/mol. The van der Waals surface area contributed by atoms with E-state index >= 15 is 0 Å². The first-order chi connectivity index (χ1) is 16.0. The van der Waals surface area contributed by atoms with Gasteiger partial charge in [0.05, 0.1) is 12.8 Å². The molecule has 4 aromatic carbocycles. The molecule has 0 radical (unpaired) electrons. The van der Waals surface area contributed by atoms with Crippen LogP contribution in [0.15, 0.2) is 121 Å². The Kier molecular flexibility index (Phi) is 8.51. The Hall–Kier alpha value is -3.75. The van der Waals surface area contributed by atoms with Crippen molar-refractivity contribution in [1.82, 2.24) is 0 Å². The quantitative estimate of drug-likeness (QED) is 0.411. The Balaban J connectivity index is 0.000000331. The Bertz CT molecular complexity index is 970. The van der Waals surface area contributed by atoms with Crippen molar-refractivity contribution in [1.29, 1.82) is 0 Å². The minimum absolute atomic E-state index is 0.296. The van der Waals surface area contributed by atoms with E-state index in [1.54, 1.807) is 0 Å². The van der Waals surface area contributed by atoms with Crippen molar-refractivity contribution in [2.75, 3.05) is 0 Å². The van der Waals surface area contributed by atoms with E-state index in [4.69, 9.17) is 10.2 Å². The third kappa shape index (κ3) is 5.94. The molecular weight excluding hydrogens is 431 g/mol. The molecule has 0 spiro atoms. The van der Waals surface area contributed by atoms with Gasteiger partial charge >= 0.3 is 162 Å². The Morgan fingerprint density at radius 3 is 0.848 bits per heavy atom. The first-order valence-corrected chi connectivity index (χ1v) is 12.7. The number of carboxylic acids is 2. The van der Waals surface area contributed by atoms with Crippen molar-refractivity contribution in [3.8, 4) is 0 Å². The average molecular weight is 458 g/mol. The van der Waals surface area contributed by atoms with Gasteiger partial charge in [-0.05, 0) is 0 Å². The van der Waals surface area contributed by atoms with Crippen LogP contribution >= 0.6 is 7.26 Å². The number of aliphatic carboxylic acids is 2. The maximum atomic E-state index is 9.64. The molecule has 2 N–H and O–H groups in total. The number of hydrogen-bond donors (Lipinski definition) is 2. The number of benzene rings is 4. The maximum absolute atomic E-state index is 9.64. The Labute approximate surface area is 194 Å². The zero-order valence-electron chi connectivity index (χ0n) is 18.2. The van der Waals surface area contributed by atoms with Gasteiger partial charge in [0.2, 0.25) is 0 Å². The SMILES string of the molecule is O=C(O)CCC(=O)O.c1ccc([PH](c2ccccc2)(c2ccccc2)c2ccccc2)cc1. The van der Waals surface area contributed by atoms with Crippen LogP contribution in [0.2, 0.25) is 0 Å². The molecule has 168 valence electrons.